The Morgan fingerprint density at radius 1 is 1.08 bits per heavy atom. The van der Waals surface area contributed by atoms with Gasteiger partial charge < -0.3 is 15.1 Å². The summed E-state index contributed by atoms with van der Waals surface area (Å²) in [5.41, 5.74) is 3.42. The molecule has 0 saturated carbocycles. The van der Waals surface area contributed by atoms with Crippen LogP contribution < -0.4 is 10.2 Å². The largest absolute Gasteiger partial charge is 0.369 e. The molecule has 1 aromatic carbocycles. The van der Waals surface area contributed by atoms with E-state index in [0.717, 1.165) is 43.1 Å². The highest BCUT2D eigenvalue weighted by Gasteiger charge is 2.20. The number of nitrogens with one attached hydrogen (secondary N) is 1. The van der Waals surface area contributed by atoms with Gasteiger partial charge in [-0.15, -0.1) is 0 Å². The molecule has 2 aromatic rings. The summed E-state index contributed by atoms with van der Waals surface area (Å²) in [5.74, 6) is -0.169. The number of likely N-dealkylation sites (N-methyl/N-ethyl adjacent to an activating group) is 1. The van der Waals surface area contributed by atoms with Crippen LogP contribution in [-0.2, 0) is 5.41 Å². The van der Waals surface area contributed by atoms with Gasteiger partial charge in [0.05, 0.1) is 0 Å². The minimum atomic E-state index is -0.169. The normalized spacial score (nSPS) is 15.8. The van der Waals surface area contributed by atoms with E-state index >= 15 is 0 Å². The van der Waals surface area contributed by atoms with Gasteiger partial charge in [0.1, 0.15) is 5.69 Å². The van der Waals surface area contributed by atoms with Crippen LogP contribution in [0, 0.1) is 0 Å². The summed E-state index contributed by atoms with van der Waals surface area (Å²) < 4.78 is 0. The van der Waals surface area contributed by atoms with Gasteiger partial charge in [-0.2, -0.15) is 0 Å². The van der Waals surface area contributed by atoms with Crippen LogP contribution in [0.15, 0.2) is 42.6 Å². The van der Waals surface area contributed by atoms with Crippen molar-refractivity contribution in [3.63, 3.8) is 0 Å². The lowest BCUT2D eigenvalue weighted by molar-refractivity contribution is 0.102. The van der Waals surface area contributed by atoms with Crippen molar-refractivity contribution in [2.75, 3.05) is 43.4 Å². The molecule has 5 heteroatoms. The minimum absolute atomic E-state index is 0.0427. The summed E-state index contributed by atoms with van der Waals surface area (Å²) in [6.45, 7) is 10.4. The fraction of sp³-hybridized carbons (Fsp3) is 0.429. The highest BCUT2D eigenvalue weighted by Crippen LogP contribution is 2.29. The molecule has 2 heterocycles. The lowest BCUT2D eigenvalue weighted by Crippen LogP contribution is -2.44. The molecule has 5 nitrogen and oxygen atoms in total. The van der Waals surface area contributed by atoms with Crippen molar-refractivity contribution in [2.24, 2.45) is 0 Å². The van der Waals surface area contributed by atoms with E-state index < -0.39 is 0 Å². The molecule has 3 rings (SSSR count). The Bertz CT molecular complexity index is 774. The standard InChI is InChI=1S/C21H28N4O/c1-21(2,3)17-7-5-6-8-18(17)23-20(26)19-15-16(9-10-22-19)25-13-11-24(4)12-14-25/h5-10,15H,11-14H2,1-4H3,(H,23,26). The maximum Gasteiger partial charge on any atom is 0.274 e. The van der Waals surface area contributed by atoms with Crippen molar-refractivity contribution < 1.29 is 4.79 Å². The van der Waals surface area contributed by atoms with Crippen LogP contribution in [0.5, 0.6) is 0 Å². The van der Waals surface area contributed by atoms with E-state index in [-0.39, 0.29) is 11.3 Å². The van der Waals surface area contributed by atoms with Gasteiger partial charge in [0.2, 0.25) is 0 Å². The molecular formula is C21H28N4O. The third-order valence-electron chi connectivity index (χ3n) is 4.83. The van der Waals surface area contributed by atoms with Crippen molar-refractivity contribution in [2.45, 2.75) is 26.2 Å². The lowest BCUT2D eigenvalue weighted by atomic mass is 9.86. The van der Waals surface area contributed by atoms with Crippen LogP contribution in [0.2, 0.25) is 0 Å². The first-order chi connectivity index (χ1) is 12.3. The van der Waals surface area contributed by atoms with Crippen LogP contribution in [0.4, 0.5) is 11.4 Å². The van der Waals surface area contributed by atoms with E-state index in [4.69, 9.17) is 0 Å². The molecule has 0 radical (unpaired) electrons. The van der Waals surface area contributed by atoms with E-state index in [1.165, 1.54) is 0 Å². The molecule has 0 unspecified atom stereocenters. The van der Waals surface area contributed by atoms with Gasteiger partial charge >= 0.3 is 0 Å². The quantitative estimate of drug-likeness (QED) is 0.920. The molecule has 0 aliphatic carbocycles. The number of aromatic nitrogens is 1. The monoisotopic (exact) mass is 352 g/mol. The van der Waals surface area contributed by atoms with Crippen molar-refractivity contribution in [3.05, 3.63) is 53.9 Å². The second-order valence-electron chi connectivity index (χ2n) is 7.94. The number of hydrogen-bond acceptors (Lipinski definition) is 4. The van der Waals surface area contributed by atoms with E-state index in [2.05, 4.69) is 54.0 Å². The Kier molecular flexibility index (Phi) is 5.28. The van der Waals surface area contributed by atoms with Crippen LogP contribution in [-0.4, -0.2) is 49.0 Å². The summed E-state index contributed by atoms with van der Waals surface area (Å²) in [5, 5.41) is 3.04. The summed E-state index contributed by atoms with van der Waals surface area (Å²) in [7, 11) is 2.13. The molecule has 26 heavy (non-hydrogen) atoms. The van der Waals surface area contributed by atoms with Gasteiger partial charge in [0, 0.05) is 43.8 Å². The van der Waals surface area contributed by atoms with Gasteiger partial charge in [-0.25, -0.2) is 0 Å². The van der Waals surface area contributed by atoms with Crippen molar-refractivity contribution >= 4 is 17.3 Å². The maximum absolute atomic E-state index is 12.8. The molecule has 1 amide bonds. The molecular weight excluding hydrogens is 324 g/mol. The van der Waals surface area contributed by atoms with E-state index in [1.807, 2.05) is 30.3 Å². The highest BCUT2D eigenvalue weighted by atomic mass is 16.1. The van der Waals surface area contributed by atoms with Gasteiger partial charge in [-0.05, 0) is 36.2 Å². The van der Waals surface area contributed by atoms with Crippen LogP contribution in [0.1, 0.15) is 36.8 Å². The first-order valence-electron chi connectivity index (χ1n) is 9.15. The molecule has 1 N–H and O–H groups in total. The number of para-hydroxylation sites is 1. The fourth-order valence-corrected chi connectivity index (χ4v) is 3.24. The first kappa shape index (κ1) is 18.4. The third-order valence-corrected chi connectivity index (χ3v) is 4.83. The van der Waals surface area contributed by atoms with E-state index in [0.29, 0.717) is 5.69 Å². The summed E-state index contributed by atoms with van der Waals surface area (Å²) in [6, 6.07) is 11.8. The number of hydrogen-bond donors (Lipinski definition) is 1. The molecule has 1 aromatic heterocycles. The number of pyridine rings is 1. The topological polar surface area (TPSA) is 48.5 Å². The highest BCUT2D eigenvalue weighted by molar-refractivity contribution is 6.03. The molecule has 1 saturated heterocycles. The predicted octanol–water partition coefficient (Wildman–Crippen LogP) is 3.38. The van der Waals surface area contributed by atoms with Gasteiger partial charge in [0.25, 0.3) is 5.91 Å². The average Bonchev–Trinajstić information content (AvgIpc) is 2.62. The molecule has 0 bridgehead atoms. The zero-order chi connectivity index (χ0) is 18.7. The molecule has 0 atom stereocenters. The number of rotatable bonds is 3. The van der Waals surface area contributed by atoms with E-state index in [9.17, 15) is 4.79 Å². The van der Waals surface area contributed by atoms with Gasteiger partial charge in [0.15, 0.2) is 0 Å². The summed E-state index contributed by atoms with van der Waals surface area (Å²) >= 11 is 0. The van der Waals surface area contributed by atoms with Crippen molar-refractivity contribution in [1.82, 2.24) is 9.88 Å². The number of piperazine rings is 1. The predicted molar refractivity (Wildman–Crippen MR) is 107 cm³/mol. The van der Waals surface area contributed by atoms with Crippen molar-refractivity contribution in [3.8, 4) is 0 Å². The number of nitrogens with zero attached hydrogens (tertiary/aromatic N) is 3. The van der Waals surface area contributed by atoms with Gasteiger partial charge in [-0.1, -0.05) is 39.0 Å². The summed E-state index contributed by atoms with van der Waals surface area (Å²) in [4.78, 5) is 21.7. The second kappa shape index (κ2) is 7.46. The Labute approximate surface area is 156 Å². The number of amides is 1. The average molecular weight is 352 g/mol. The number of anilines is 2. The smallest absolute Gasteiger partial charge is 0.274 e. The SMILES string of the molecule is CN1CCN(c2ccnc(C(=O)Nc3ccccc3C(C)(C)C)c2)CC1. The Morgan fingerprint density at radius 2 is 1.77 bits per heavy atom. The zero-order valence-corrected chi connectivity index (χ0v) is 16.1. The molecule has 1 aliphatic heterocycles. The zero-order valence-electron chi connectivity index (χ0n) is 16.1. The molecule has 0 spiro atoms. The Hall–Kier alpha value is -2.40. The van der Waals surface area contributed by atoms with Crippen molar-refractivity contribution in [1.29, 1.82) is 0 Å². The van der Waals surface area contributed by atoms with Crippen LogP contribution in [0.25, 0.3) is 0 Å². The van der Waals surface area contributed by atoms with E-state index in [1.54, 1.807) is 6.20 Å². The molecule has 138 valence electrons. The lowest BCUT2D eigenvalue weighted by Gasteiger charge is -2.34. The molecule has 1 aliphatic rings. The Morgan fingerprint density at radius 3 is 2.46 bits per heavy atom. The third kappa shape index (κ3) is 4.22. The number of carbonyl (C=O) groups is 1. The summed E-state index contributed by atoms with van der Waals surface area (Å²) in [6.07, 6.45) is 1.72. The van der Waals surface area contributed by atoms with Crippen LogP contribution >= 0.6 is 0 Å². The second-order valence-corrected chi connectivity index (χ2v) is 7.94. The minimum Gasteiger partial charge on any atom is -0.369 e. The first-order valence-corrected chi connectivity index (χ1v) is 9.15. The number of benzene rings is 1. The number of carbonyl (C=O) groups excluding carboxylic acids is 1. The fourth-order valence-electron chi connectivity index (χ4n) is 3.24. The molecule has 1 fully saturated rings. The van der Waals surface area contributed by atoms with Crippen LogP contribution in [0.3, 0.4) is 0 Å². The van der Waals surface area contributed by atoms with Gasteiger partial charge in [-0.3, -0.25) is 9.78 Å². The maximum atomic E-state index is 12.8. The Balaban J connectivity index is 1.78.